The van der Waals surface area contributed by atoms with Crippen LogP contribution in [-0.4, -0.2) is 24.9 Å². The Balaban J connectivity index is 1.98. The van der Waals surface area contributed by atoms with Gasteiger partial charge in [-0.3, -0.25) is 0 Å². The quantitative estimate of drug-likeness (QED) is 0.564. The van der Waals surface area contributed by atoms with E-state index in [9.17, 15) is 4.39 Å². The molecule has 0 atom stereocenters. The average Bonchev–Trinajstić information content (AvgIpc) is 3.02. The molecule has 0 unspecified atom stereocenters. The highest BCUT2D eigenvalue weighted by molar-refractivity contribution is 6.31. The van der Waals surface area contributed by atoms with Crippen LogP contribution in [0.3, 0.4) is 0 Å². The second kappa shape index (κ2) is 4.01. The lowest BCUT2D eigenvalue weighted by atomic mass is 10.2. The minimum atomic E-state index is -0.366. The second-order valence-corrected chi connectivity index (χ2v) is 4.78. The van der Waals surface area contributed by atoms with Gasteiger partial charge in [-0.25, -0.2) is 19.3 Å². The Bertz CT molecular complexity index is 942. The molecule has 2 N–H and O–H groups in total. The molecule has 4 rings (SSSR count). The van der Waals surface area contributed by atoms with Gasteiger partial charge >= 0.3 is 0 Å². The standard InChI is InChI=1S/C13H7ClFN5/c14-6-1-7-8(3-17-11(7)16-2-6)12-18-4-9-10(15)5-19-13(9)20-12/h1-5H,(H,16,17)(H,18,19,20). The fourth-order valence-electron chi connectivity index (χ4n) is 2.17. The Kier molecular flexibility index (Phi) is 2.28. The Hall–Kier alpha value is -2.47. The lowest BCUT2D eigenvalue weighted by Crippen LogP contribution is -1.88. The number of aromatic nitrogens is 5. The van der Waals surface area contributed by atoms with Gasteiger partial charge in [-0.15, -0.1) is 0 Å². The van der Waals surface area contributed by atoms with Crippen molar-refractivity contribution in [1.82, 2.24) is 24.9 Å². The molecule has 0 aromatic carbocycles. The van der Waals surface area contributed by atoms with Crippen molar-refractivity contribution < 1.29 is 4.39 Å². The van der Waals surface area contributed by atoms with E-state index < -0.39 is 0 Å². The number of pyridine rings is 1. The zero-order chi connectivity index (χ0) is 13.7. The van der Waals surface area contributed by atoms with E-state index in [0.29, 0.717) is 27.5 Å². The van der Waals surface area contributed by atoms with Crippen molar-refractivity contribution in [2.45, 2.75) is 0 Å². The van der Waals surface area contributed by atoms with Gasteiger partial charge in [-0.2, -0.15) is 0 Å². The number of nitrogens with one attached hydrogen (secondary N) is 2. The van der Waals surface area contributed by atoms with E-state index >= 15 is 0 Å². The summed E-state index contributed by atoms with van der Waals surface area (Å²) in [5.41, 5.74) is 1.93. The smallest absolute Gasteiger partial charge is 0.163 e. The molecule has 0 aliphatic carbocycles. The van der Waals surface area contributed by atoms with Crippen LogP contribution < -0.4 is 0 Å². The van der Waals surface area contributed by atoms with Gasteiger partial charge in [0.25, 0.3) is 0 Å². The monoisotopic (exact) mass is 287 g/mol. The largest absolute Gasteiger partial charge is 0.345 e. The first-order valence-corrected chi connectivity index (χ1v) is 6.23. The van der Waals surface area contributed by atoms with E-state index in [1.54, 1.807) is 18.5 Å². The SMILES string of the molecule is Fc1c[nH]c2nc(-c3c[nH]c4ncc(Cl)cc34)ncc12. The molecule has 0 aliphatic heterocycles. The average molecular weight is 288 g/mol. The highest BCUT2D eigenvalue weighted by Crippen LogP contribution is 2.28. The fourth-order valence-corrected chi connectivity index (χ4v) is 2.33. The van der Waals surface area contributed by atoms with E-state index in [1.807, 2.05) is 0 Å². The molecule has 0 radical (unpaired) electrons. The molecule has 5 nitrogen and oxygen atoms in total. The number of hydrogen-bond acceptors (Lipinski definition) is 3. The van der Waals surface area contributed by atoms with Crippen LogP contribution in [-0.2, 0) is 0 Å². The van der Waals surface area contributed by atoms with E-state index in [4.69, 9.17) is 11.6 Å². The zero-order valence-corrected chi connectivity index (χ0v) is 10.7. The number of rotatable bonds is 1. The molecule has 0 saturated carbocycles. The molecule has 0 amide bonds. The van der Waals surface area contributed by atoms with Crippen molar-refractivity contribution in [2.75, 3.05) is 0 Å². The summed E-state index contributed by atoms with van der Waals surface area (Å²) in [4.78, 5) is 18.5. The number of H-pyrrole nitrogens is 2. The third-order valence-corrected chi connectivity index (χ3v) is 3.33. The van der Waals surface area contributed by atoms with Gasteiger partial charge in [0.2, 0.25) is 0 Å². The summed E-state index contributed by atoms with van der Waals surface area (Å²) < 4.78 is 13.4. The minimum absolute atomic E-state index is 0.366. The maximum Gasteiger partial charge on any atom is 0.163 e. The molecular formula is C13H7ClFN5. The van der Waals surface area contributed by atoms with Gasteiger partial charge in [0.05, 0.1) is 10.4 Å². The molecule has 0 fully saturated rings. The fraction of sp³-hybridized carbons (Fsp3) is 0. The lowest BCUT2D eigenvalue weighted by Gasteiger charge is -1.98. The number of aromatic amines is 2. The normalized spacial score (nSPS) is 11.5. The van der Waals surface area contributed by atoms with Crippen molar-refractivity contribution in [2.24, 2.45) is 0 Å². The van der Waals surface area contributed by atoms with Crippen LogP contribution in [0.15, 0.2) is 30.9 Å². The second-order valence-electron chi connectivity index (χ2n) is 4.34. The molecule has 20 heavy (non-hydrogen) atoms. The van der Waals surface area contributed by atoms with Crippen LogP contribution in [0.4, 0.5) is 4.39 Å². The van der Waals surface area contributed by atoms with Crippen LogP contribution in [0.5, 0.6) is 0 Å². The van der Waals surface area contributed by atoms with E-state index in [0.717, 1.165) is 10.9 Å². The number of fused-ring (bicyclic) bond motifs is 2. The zero-order valence-electron chi connectivity index (χ0n) is 9.98. The molecule has 4 aromatic rings. The van der Waals surface area contributed by atoms with E-state index in [-0.39, 0.29) is 5.82 Å². The van der Waals surface area contributed by atoms with E-state index in [1.165, 1.54) is 12.4 Å². The first-order valence-electron chi connectivity index (χ1n) is 5.85. The van der Waals surface area contributed by atoms with Gasteiger partial charge in [0, 0.05) is 35.7 Å². The first-order chi connectivity index (χ1) is 9.72. The molecule has 98 valence electrons. The maximum atomic E-state index is 13.4. The Morgan fingerprint density at radius 2 is 1.85 bits per heavy atom. The van der Waals surface area contributed by atoms with Crippen LogP contribution in [0.1, 0.15) is 0 Å². The lowest BCUT2D eigenvalue weighted by molar-refractivity contribution is 0.639. The number of hydrogen-bond donors (Lipinski definition) is 2. The van der Waals surface area contributed by atoms with Crippen LogP contribution in [0, 0.1) is 5.82 Å². The van der Waals surface area contributed by atoms with Crippen molar-refractivity contribution in [3.8, 4) is 11.4 Å². The molecule has 7 heteroatoms. The topological polar surface area (TPSA) is 70.2 Å². The predicted octanol–water partition coefficient (Wildman–Crippen LogP) is 3.29. The molecule has 4 heterocycles. The maximum absolute atomic E-state index is 13.4. The number of halogens is 2. The summed E-state index contributed by atoms with van der Waals surface area (Å²) in [5.74, 6) is 0.116. The van der Waals surface area contributed by atoms with E-state index in [2.05, 4.69) is 24.9 Å². The molecule has 0 saturated heterocycles. The van der Waals surface area contributed by atoms with Gasteiger partial charge < -0.3 is 9.97 Å². The van der Waals surface area contributed by atoms with Gasteiger partial charge in [-0.1, -0.05) is 11.6 Å². The molecule has 0 aliphatic rings. The Morgan fingerprint density at radius 1 is 1.00 bits per heavy atom. The molecule has 0 bridgehead atoms. The van der Waals surface area contributed by atoms with Crippen LogP contribution in [0.2, 0.25) is 5.02 Å². The summed E-state index contributed by atoms with van der Waals surface area (Å²) in [6.07, 6.45) is 6.04. The summed E-state index contributed by atoms with van der Waals surface area (Å²) in [6.45, 7) is 0. The highest BCUT2D eigenvalue weighted by atomic mass is 35.5. The van der Waals surface area contributed by atoms with Gasteiger partial charge in [-0.05, 0) is 6.07 Å². The van der Waals surface area contributed by atoms with Crippen molar-refractivity contribution in [3.05, 3.63) is 41.7 Å². The first kappa shape index (κ1) is 11.4. The Morgan fingerprint density at radius 3 is 2.75 bits per heavy atom. The molecule has 4 aromatic heterocycles. The number of nitrogens with zero attached hydrogens (tertiary/aromatic N) is 3. The minimum Gasteiger partial charge on any atom is -0.345 e. The molecule has 0 spiro atoms. The van der Waals surface area contributed by atoms with Gasteiger partial charge in [0.1, 0.15) is 11.3 Å². The summed E-state index contributed by atoms with van der Waals surface area (Å²) in [7, 11) is 0. The molecular weight excluding hydrogens is 281 g/mol. The van der Waals surface area contributed by atoms with Crippen LogP contribution in [0.25, 0.3) is 33.5 Å². The third-order valence-electron chi connectivity index (χ3n) is 3.12. The van der Waals surface area contributed by atoms with Crippen LogP contribution >= 0.6 is 11.6 Å². The Labute approximate surface area is 116 Å². The summed E-state index contributed by atoms with van der Waals surface area (Å²) in [6, 6.07) is 1.79. The third kappa shape index (κ3) is 1.58. The predicted molar refractivity (Wildman–Crippen MR) is 73.9 cm³/mol. The summed E-state index contributed by atoms with van der Waals surface area (Å²) >= 11 is 5.96. The van der Waals surface area contributed by atoms with Crippen molar-refractivity contribution in [3.63, 3.8) is 0 Å². The van der Waals surface area contributed by atoms with Crippen molar-refractivity contribution >= 4 is 33.7 Å². The highest BCUT2D eigenvalue weighted by Gasteiger charge is 2.12. The van der Waals surface area contributed by atoms with Crippen molar-refractivity contribution in [1.29, 1.82) is 0 Å². The van der Waals surface area contributed by atoms with Gasteiger partial charge in [0.15, 0.2) is 11.6 Å². The summed E-state index contributed by atoms with van der Waals surface area (Å²) in [5, 5.41) is 1.72.